The van der Waals surface area contributed by atoms with E-state index in [2.05, 4.69) is 5.32 Å². The average Bonchev–Trinajstić information content (AvgIpc) is 2.66. The van der Waals surface area contributed by atoms with Crippen molar-refractivity contribution in [3.8, 4) is 17.2 Å². The van der Waals surface area contributed by atoms with Crippen molar-refractivity contribution < 1.29 is 23.9 Å². The molecule has 0 spiro atoms. The lowest BCUT2D eigenvalue weighted by Gasteiger charge is -2.11. The third-order valence-corrected chi connectivity index (χ3v) is 4.28. The first-order chi connectivity index (χ1) is 13.3. The molecule has 0 aliphatic rings. The molecule has 1 amide bonds. The number of nitro benzene ring substituents is 1. The number of halogens is 2. The minimum absolute atomic E-state index is 0.115. The lowest BCUT2D eigenvalue weighted by molar-refractivity contribution is -0.385. The Balaban J connectivity index is 1.94. The Morgan fingerprint density at radius 2 is 1.79 bits per heavy atom. The Morgan fingerprint density at radius 3 is 2.39 bits per heavy atom. The number of benzene rings is 2. The molecule has 0 fully saturated rings. The van der Waals surface area contributed by atoms with Crippen molar-refractivity contribution in [2.45, 2.75) is 6.42 Å². The number of nitro groups is 1. The number of carbonyl (C=O) groups is 1. The molecule has 28 heavy (non-hydrogen) atoms. The predicted molar refractivity (Wildman–Crippen MR) is 105 cm³/mol. The van der Waals surface area contributed by atoms with Crippen molar-refractivity contribution in [2.75, 3.05) is 27.4 Å². The molecule has 150 valence electrons. The fourth-order valence-electron chi connectivity index (χ4n) is 2.40. The van der Waals surface area contributed by atoms with E-state index in [1.54, 1.807) is 12.1 Å². The monoisotopic (exact) mass is 428 g/mol. The smallest absolute Gasteiger partial charge is 0.276 e. The van der Waals surface area contributed by atoms with E-state index >= 15 is 0 Å². The molecule has 10 heteroatoms. The number of nitrogens with zero attached hydrogens (tertiary/aromatic N) is 1. The molecular weight excluding hydrogens is 411 g/mol. The van der Waals surface area contributed by atoms with Gasteiger partial charge in [0.05, 0.1) is 30.2 Å². The molecule has 0 radical (unpaired) electrons. The van der Waals surface area contributed by atoms with Gasteiger partial charge in [0, 0.05) is 17.1 Å². The maximum absolute atomic E-state index is 11.9. The highest BCUT2D eigenvalue weighted by atomic mass is 35.5. The second-order valence-electron chi connectivity index (χ2n) is 5.56. The first-order valence-electron chi connectivity index (χ1n) is 8.09. The minimum Gasteiger partial charge on any atom is -0.493 e. The van der Waals surface area contributed by atoms with Crippen LogP contribution in [0.2, 0.25) is 10.0 Å². The van der Waals surface area contributed by atoms with E-state index in [0.29, 0.717) is 27.1 Å². The van der Waals surface area contributed by atoms with Gasteiger partial charge in [-0.1, -0.05) is 23.2 Å². The Morgan fingerprint density at radius 1 is 1.11 bits per heavy atom. The van der Waals surface area contributed by atoms with Crippen molar-refractivity contribution in [3.63, 3.8) is 0 Å². The molecule has 0 bridgehead atoms. The van der Waals surface area contributed by atoms with E-state index < -0.39 is 10.8 Å². The van der Waals surface area contributed by atoms with E-state index in [-0.39, 0.29) is 31.0 Å². The zero-order chi connectivity index (χ0) is 20.7. The van der Waals surface area contributed by atoms with Gasteiger partial charge in [-0.3, -0.25) is 14.9 Å². The number of carbonyl (C=O) groups excluding carboxylic acids is 1. The first kappa shape index (κ1) is 21.6. The summed E-state index contributed by atoms with van der Waals surface area (Å²) in [6.07, 6.45) is 0.226. The molecule has 0 unspecified atom stereocenters. The highest BCUT2D eigenvalue weighted by molar-refractivity contribution is 6.35. The first-order valence-corrected chi connectivity index (χ1v) is 8.85. The van der Waals surface area contributed by atoms with Crippen molar-refractivity contribution in [2.24, 2.45) is 0 Å². The van der Waals surface area contributed by atoms with Crippen molar-refractivity contribution in [1.29, 1.82) is 0 Å². The van der Waals surface area contributed by atoms with Crippen LogP contribution in [0.1, 0.15) is 5.56 Å². The van der Waals surface area contributed by atoms with Gasteiger partial charge in [-0.15, -0.1) is 0 Å². The molecule has 8 nitrogen and oxygen atoms in total. The molecule has 0 saturated heterocycles. The number of hydrogen-bond donors (Lipinski definition) is 1. The second kappa shape index (κ2) is 10.0. The Labute approximate surface area is 171 Å². The molecule has 0 atom stereocenters. The van der Waals surface area contributed by atoms with Crippen molar-refractivity contribution in [3.05, 3.63) is 56.1 Å². The highest BCUT2D eigenvalue weighted by Crippen LogP contribution is 2.34. The van der Waals surface area contributed by atoms with Crippen LogP contribution in [0, 0.1) is 10.1 Å². The third kappa shape index (κ3) is 5.64. The normalized spacial score (nSPS) is 10.3. The fraction of sp³-hybridized carbons (Fsp3) is 0.278. The van der Waals surface area contributed by atoms with Crippen LogP contribution in [0.4, 0.5) is 5.69 Å². The standard InChI is InChI=1S/C18H18Cl2N2O6/c1-26-16-7-11(14(22(24)25)9-17(16)27-2)5-6-21-18(23)10-28-15-4-3-12(19)8-13(15)20/h3-4,7-9H,5-6,10H2,1-2H3,(H,21,23). The number of hydrogen-bond acceptors (Lipinski definition) is 6. The zero-order valence-corrected chi connectivity index (χ0v) is 16.7. The van der Waals surface area contributed by atoms with Gasteiger partial charge in [-0.25, -0.2) is 0 Å². The molecule has 0 aliphatic heterocycles. The summed E-state index contributed by atoms with van der Waals surface area (Å²) in [6, 6.07) is 7.48. The molecule has 2 aromatic carbocycles. The van der Waals surface area contributed by atoms with Gasteiger partial charge in [-0.05, 0) is 30.7 Å². The maximum atomic E-state index is 11.9. The molecule has 1 N–H and O–H groups in total. The molecule has 0 aromatic heterocycles. The zero-order valence-electron chi connectivity index (χ0n) is 15.2. The van der Waals surface area contributed by atoms with Crippen molar-refractivity contribution in [1.82, 2.24) is 5.32 Å². The summed E-state index contributed by atoms with van der Waals surface area (Å²) in [5, 5.41) is 14.7. The van der Waals surface area contributed by atoms with Crippen LogP contribution in [0.15, 0.2) is 30.3 Å². The molecular formula is C18H18Cl2N2O6. The molecule has 0 heterocycles. The Kier molecular flexibility index (Phi) is 7.71. The Hall–Kier alpha value is -2.71. The second-order valence-corrected chi connectivity index (χ2v) is 6.40. The van der Waals surface area contributed by atoms with Gasteiger partial charge in [-0.2, -0.15) is 0 Å². The summed E-state index contributed by atoms with van der Waals surface area (Å²) in [7, 11) is 2.84. The summed E-state index contributed by atoms with van der Waals surface area (Å²) >= 11 is 11.8. The number of rotatable bonds is 9. The topological polar surface area (TPSA) is 99.9 Å². The van der Waals surface area contributed by atoms with E-state index in [4.69, 9.17) is 37.4 Å². The minimum atomic E-state index is -0.509. The quantitative estimate of drug-likeness (QED) is 0.483. The van der Waals surface area contributed by atoms with Gasteiger partial charge >= 0.3 is 0 Å². The van der Waals surface area contributed by atoms with Crippen LogP contribution in [-0.2, 0) is 11.2 Å². The predicted octanol–water partition coefficient (Wildman–Crippen LogP) is 3.66. The lowest BCUT2D eigenvalue weighted by Crippen LogP contribution is -2.30. The van der Waals surface area contributed by atoms with Crippen LogP contribution in [0.5, 0.6) is 17.2 Å². The largest absolute Gasteiger partial charge is 0.493 e. The molecule has 2 aromatic rings. The number of amides is 1. The van der Waals surface area contributed by atoms with E-state index in [0.717, 1.165) is 0 Å². The van der Waals surface area contributed by atoms with Gasteiger partial charge < -0.3 is 19.5 Å². The van der Waals surface area contributed by atoms with Crippen molar-refractivity contribution >= 4 is 34.8 Å². The van der Waals surface area contributed by atoms with Gasteiger partial charge in [0.1, 0.15) is 5.75 Å². The van der Waals surface area contributed by atoms with Gasteiger partial charge in [0.2, 0.25) is 0 Å². The summed E-state index contributed by atoms with van der Waals surface area (Å²) in [5.41, 5.74) is 0.292. The molecule has 0 aliphatic carbocycles. The summed E-state index contributed by atoms with van der Waals surface area (Å²) in [4.78, 5) is 22.7. The number of nitrogens with one attached hydrogen (secondary N) is 1. The molecule has 0 saturated carbocycles. The summed E-state index contributed by atoms with van der Waals surface area (Å²) in [5.74, 6) is 0.566. The van der Waals surface area contributed by atoms with Crippen LogP contribution in [0.25, 0.3) is 0 Å². The summed E-state index contributed by atoms with van der Waals surface area (Å²) < 4.78 is 15.6. The number of ether oxygens (including phenoxy) is 3. The van der Waals surface area contributed by atoms with Gasteiger partial charge in [0.15, 0.2) is 18.1 Å². The number of methoxy groups -OCH3 is 2. The Bertz CT molecular complexity index is 875. The third-order valence-electron chi connectivity index (χ3n) is 3.75. The summed E-state index contributed by atoms with van der Waals surface area (Å²) in [6.45, 7) is -0.0811. The average molecular weight is 429 g/mol. The maximum Gasteiger partial charge on any atom is 0.276 e. The molecule has 2 rings (SSSR count). The van der Waals surface area contributed by atoms with E-state index in [1.807, 2.05) is 0 Å². The lowest BCUT2D eigenvalue weighted by atomic mass is 10.1. The van der Waals surface area contributed by atoms with Gasteiger partial charge in [0.25, 0.3) is 11.6 Å². The SMILES string of the molecule is COc1cc(CCNC(=O)COc2ccc(Cl)cc2Cl)c([N+](=O)[O-])cc1OC. The van der Waals surface area contributed by atoms with E-state index in [1.165, 1.54) is 32.4 Å². The fourth-order valence-corrected chi connectivity index (χ4v) is 2.87. The van der Waals surface area contributed by atoms with Crippen LogP contribution in [0.3, 0.4) is 0 Å². The van der Waals surface area contributed by atoms with Crippen LogP contribution in [-0.4, -0.2) is 38.2 Å². The van der Waals surface area contributed by atoms with E-state index in [9.17, 15) is 14.9 Å². The highest BCUT2D eigenvalue weighted by Gasteiger charge is 2.19. The van der Waals surface area contributed by atoms with Crippen LogP contribution < -0.4 is 19.5 Å². The van der Waals surface area contributed by atoms with Crippen LogP contribution >= 0.6 is 23.2 Å².